The molecule has 20 heavy (non-hydrogen) atoms. The Morgan fingerprint density at radius 3 is 2.55 bits per heavy atom. The molecule has 0 saturated carbocycles. The fourth-order valence-corrected chi connectivity index (χ4v) is 2.69. The van der Waals surface area contributed by atoms with E-state index >= 15 is 0 Å². The summed E-state index contributed by atoms with van der Waals surface area (Å²) in [5.41, 5.74) is 1.26. The van der Waals surface area contributed by atoms with Gasteiger partial charge in [0, 0.05) is 22.6 Å². The zero-order valence-corrected chi connectivity index (χ0v) is 12.9. The second-order valence-corrected chi connectivity index (χ2v) is 6.03. The molecule has 0 aliphatic heterocycles. The van der Waals surface area contributed by atoms with Gasteiger partial charge in [0.2, 0.25) is 0 Å². The van der Waals surface area contributed by atoms with E-state index in [0.717, 1.165) is 21.1 Å². The second kappa shape index (κ2) is 6.19. The molecule has 100 valence electrons. The Labute approximate surface area is 129 Å². The van der Waals surface area contributed by atoms with Gasteiger partial charge in [0.25, 0.3) is 0 Å². The Balaban J connectivity index is 1.65. The minimum absolute atomic E-state index is 0.774. The number of hydrogen-bond donors (Lipinski definition) is 0. The van der Waals surface area contributed by atoms with Crippen LogP contribution in [0, 0.1) is 0 Å². The van der Waals surface area contributed by atoms with Gasteiger partial charge in [-0.25, -0.2) is 4.98 Å². The van der Waals surface area contributed by atoms with Crippen molar-refractivity contribution in [2.75, 3.05) is 0 Å². The highest BCUT2D eigenvalue weighted by Gasteiger charge is 2.01. The molecule has 0 aliphatic rings. The third-order valence-corrected chi connectivity index (χ3v) is 4.21. The normalized spacial score (nSPS) is 10.7. The van der Waals surface area contributed by atoms with Crippen LogP contribution < -0.4 is 0 Å². The van der Waals surface area contributed by atoms with Crippen molar-refractivity contribution >= 4 is 27.7 Å². The summed E-state index contributed by atoms with van der Waals surface area (Å²) in [6.45, 7) is 0. The summed E-state index contributed by atoms with van der Waals surface area (Å²) in [6, 6.07) is 12.2. The highest BCUT2D eigenvalue weighted by atomic mass is 79.9. The lowest BCUT2D eigenvalue weighted by Gasteiger charge is -2.03. The van der Waals surface area contributed by atoms with Crippen molar-refractivity contribution in [3.05, 3.63) is 65.2 Å². The van der Waals surface area contributed by atoms with Gasteiger partial charge in [0.15, 0.2) is 5.82 Å². The van der Waals surface area contributed by atoms with Crippen molar-refractivity contribution in [2.45, 2.75) is 10.8 Å². The minimum atomic E-state index is 0.774. The lowest BCUT2D eigenvalue weighted by molar-refractivity contribution is 0.861. The minimum Gasteiger partial charge on any atom is -0.289 e. The number of benzene rings is 1. The number of rotatable bonds is 4. The van der Waals surface area contributed by atoms with Gasteiger partial charge in [-0.1, -0.05) is 39.8 Å². The van der Waals surface area contributed by atoms with E-state index in [9.17, 15) is 0 Å². The first-order valence-electron chi connectivity index (χ1n) is 6.00. The molecule has 2 heterocycles. The molecule has 0 radical (unpaired) electrons. The smallest absolute Gasteiger partial charge is 0.160 e. The van der Waals surface area contributed by atoms with E-state index in [-0.39, 0.29) is 0 Å². The average molecular weight is 347 g/mol. The maximum absolute atomic E-state index is 4.22. The Hall–Kier alpha value is -1.66. The summed E-state index contributed by atoms with van der Waals surface area (Å²) in [6.07, 6.45) is 5.27. The zero-order valence-electron chi connectivity index (χ0n) is 10.5. The first-order valence-corrected chi connectivity index (χ1v) is 7.78. The first kappa shape index (κ1) is 13.3. The lowest BCUT2D eigenvalue weighted by Crippen LogP contribution is -1.96. The molecule has 0 N–H and O–H groups in total. The predicted molar refractivity (Wildman–Crippen MR) is 82.9 cm³/mol. The topological polar surface area (TPSA) is 43.6 Å². The van der Waals surface area contributed by atoms with Gasteiger partial charge in [-0.3, -0.25) is 4.57 Å². The Morgan fingerprint density at radius 1 is 1.05 bits per heavy atom. The summed E-state index contributed by atoms with van der Waals surface area (Å²) in [5, 5.41) is 9.33. The van der Waals surface area contributed by atoms with Gasteiger partial charge >= 0.3 is 0 Å². The molecule has 0 bridgehead atoms. The van der Waals surface area contributed by atoms with E-state index < -0.39 is 0 Å². The molecule has 0 atom stereocenters. The fourth-order valence-electron chi connectivity index (χ4n) is 1.66. The molecule has 0 spiro atoms. The number of halogens is 1. The molecular weight excluding hydrogens is 336 g/mol. The van der Waals surface area contributed by atoms with Crippen molar-refractivity contribution in [3.63, 3.8) is 0 Å². The molecular formula is C14H11BrN4S. The van der Waals surface area contributed by atoms with E-state index in [4.69, 9.17) is 0 Å². The monoisotopic (exact) mass is 346 g/mol. The number of nitrogens with zero attached hydrogens (tertiary/aromatic N) is 4. The van der Waals surface area contributed by atoms with Crippen LogP contribution in [0.1, 0.15) is 5.56 Å². The van der Waals surface area contributed by atoms with E-state index in [0.29, 0.717) is 0 Å². The SMILES string of the molecule is Brc1ccc(CSc2ccc(-n3ccnc3)nn2)cc1. The molecule has 0 amide bonds. The molecule has 3 aromatic rings. The molecule has 2 aromatic heterocycles. The summed E-state index contributed by atoms with van der Waals surface area (Å²) in [4.78, 5) is 3.99. The van der Waals surface area contributed by atoms with Crippen LogP contribution in [0.3, 0.4) is 0 Å². The van der Waals surface area contributed by atoms with E-state index in [1.165, 1.54) is 5.56 Å². The fraction of sp³-hybridized carbons (Fsp3) is 0.0714. The van der Waals surface area contributed by atoms with Crippen LogP contribution in [-0.4, -0.2) is 19.7 Å². The van der Waals surface area contributed by atoms with Crippen LogP contribution in [0.2, 0.25) is 0 Å². The summed E-state index contributed by atoms with van der Waals surface area (Å²) < 4.78 is 2.92. The van der Waals surface area contributed by atoms with Gasteiger partial charge in [-0.15, -0.1) is 10.2 Å². The summed E-state index contributed by atoms with van der Waals surface area (Å²) in [5.74, 6) is 1.65. The number of thioether (sulfide) groups is 1. The van der Waals surface area contributed by atoms with Crippen LogP contribution in [0.15, 0.2) is 64.6 Å². The van der Waals surface area contributed by atoms with Gasteiger partial charge in [-0.05, 0) is 29.8 Å². The average Bonchev–Trinajstić information content (AvgIpc) is 3.01. The highest BCUT2D eigenvalue weighted by Crippen LogP contribution is 2.21. The second-order valence-electron chi connectivity index (χ2n) is 4.11. The Bertz CT molecular complexity index is 665. The van der Waals surface area contributed by atoms with Gasteiger partial charge in [0.1, 0.15) is 11.4 Å². The van der Waals surface area contributed by atoms with Gasteiger partial charge in [-0.2, -0.15) is 0 Å². The molecule has 0 saturated heterocycles. The first-order chi connectivity index (χ1) is 9.81. The van der Waals surface area contributed by atoms with Gasteiger partial charge < -0.3 is 0 Å². The van der Waals surface area contributed by atoms with Crippen LogP contribution in [-0.2, 0) is 5.75 Å². The maximum Gasteiger partial charge on any atom is 0.160 e. The molecule has 4 nitrogen and oxygen atoms in total. The number of imidazole rings is 1. The molecule has 6 heteroatoms. The van der Waals surface area contributed by atoms with Crippen molar-refractivity contribution in [1.29, 1.82) is 0 Å². The summed E-state index contributed by atoms with van der Waals surface area (Å²) in [7, 11) is 0. The molecule has 0 aliphatic carbocycles. The standard InChI is InChI=1S/C14H11BrN4S/c15-12-3-1-11(2-4-12)9-20-14-6-5-13(17-18-14)19-8-7-16-10-19/h1-8,10H,9H2. The molecule has 0 unspecified atom stereocenters. The van der Waals surface area contributed by atoms with Crippen molar-refractivity contribution < 1.29 is 0 Å². The van der Waals surface area contributed by atoms with Crippen LogP contribution in [0.5, 0.6) is 0 Å². The molecule has 3 rings (SSSR count). The number of aromatic nitrogens is 4. The third kappa shape index (κ3) is 3.26. The van der Waals surface area contributed by atoms with Crippen LogP contribution in [0.25, 0.3) is 5.82 Å². The molecule has 0 fully saturated rings. The molecule has 1 aromatic carbocycles. The lowest BCUT2D eigenvalue weighted by atomic mass is 10.2. The number of hydrogen-bond acceptors (Lipinski definition) is 4. The predicted octanol–water partition coefficient (Wildman–Crippen LogP) is 3.72. The van der Waals surface area contributed by atoms with Crippen LogP contribution >= 0.6 is 27.7 Å². The van der Waals surface area contributed by atoms with Gasteiger partial charge in [0.05, 0.1) is 0 Å². The van der Waals surface area contributed by atoms with Crippen molar-refractivity contribution in [3.8, 4) is 5.82 Å². The third-order valence-electron chi connectivity index (χ3n) is 2.69. The Morgan fingerprint density at radius 2 is 1.90 bits per heavy atom. The van der Waals surface area contributed by atoms with E-state index in [1.54, 1.807) is 24.3 Å². The van der Waals surface area contributed by atoms with E-state index in [2.05, 4.69) is 43.2 Å². The Kier molecular flexibility index (Phi) is 4.13. The quantitative estimate of drug-likeness (QED) is 0.675. The van der Waals surface area contributed by atoms with Crippen molar-refractivity contribution in [1.82, 2.24) is 19.7 Å². The van der Waals surface area contributed by atoms with Crippen LogP contribution in [0.4, 0.5) is 0 Å². The van der Waals surface area contributed by atoms with E-state index in [1.807, 2.05) is 35.0 Å². The largest absolute Gasteiger partial charge is 0.289 e. The summed E-state index contributed by atoms with van der Waals surface area (Å²) >= 11 is 5.10. The highest BCUT2D eigenvalue weighted by molar-refractivity contribution is 9.10. The van der Waals surface area contributed by atoms with Crippen molar-refractivity contribution in [2.24, 2.45) is 0 Å². The maximum atomic E-state index is 4.22. The zero-order chi connectivity index (χ0) is 13.8.